The van der Waals surface area contributed by atoms with E-state index in [2.05, 4.69) is 5.32 Å². The maximum Gasteiger partial charge on any atom is 0.318 e. The third kappa shape index (κ3) is 3.49. The fourth-order valence-electron chi connectivity index (χ4n) is 1.43. The molecular formula is C9H17N3O3. The normalized spacial score (nSPS) is 20.1. The van der Waals surface area contributed by atoms with Crippen molar-refractivity contribution in [1.29, 1.82) is 0 Å². The standard InChI is InChI=1S/C9H17N3O3/c1-6(7(13)12-8(10)14)11-5-9(15)3-2-4-9/h6,11,15H,2-5H2,1H3,(H3,10,12,13,14). The van der Waals surface area contributed by atoms with Crippen LogP contribution in [0.5, 0.6) is 0 Å². The van der Waals surface area contributed by atoms with Crippen LogP contribution in [0.15, 0.2) is 0 Å². The van der Waals surface area contributed by atoms with E-state index in [9.17, 15) is 14.7 Å². The van der Waals surface area contributed by atoms with E-state index in [0.29, 0.717) is 6.54 Å². The van der Waals surface area contributed by atoms with Crippen molar-refractivity contribution in [2.45, 2.75) is 37.8 Å². The molecule has 5 N–H and O–H groups in total. The summed E-state index contributed by atoms with van der Waals surface area (Å²) in [5.74, 6) is -0.481. The molecule has 6 nitrogen and oxygen atoms in total. The number of hydrogen-bond donors (Lipinski definition) is 4. The number of carbonyl (C=O) groups is 2. The molecule has 1 rings (SSSR count). The van der Waals surface area contributed by atoms with Crippen LogP contribution in [-0.4, -0.2) is 35.2 Å². The molecule has 1 saturated carbocycles. The molecule has 0 spiro atoms. The highest BCUT2D eigenvalue weighted by molar-refractivity contribution is 5.96. The van der Waals surface area contributed by atoms with E-state index in [0.717, 1.165) is 19.3 Å². The molecule has 0 aromatic rings. The van der Waals surface area contributed by atoms with Gasteiger partial charge in [-0.3, -0.25) is 10.1 Å². The number of primary amides is 1. The zero-order chi connectivity index (χ0) is 11.5. The van der Waals surface area contributed by atoms with Gasteiger partial charge in [-0.05, 0) is 26.2 Å². The first-order chi connectivity index (χ1) is 6.93. The van der Waals surface area contributed by atoms with E-state index in [1.165, 1.54) is 0 Å². The number of imide groups is 1. The molecule has 1 aliphatic rings. The molecule has 6 heteroatoms. The summed E-state index contributed by atoms with van der Waals surface area (Å²) in [5.41, 5.74) is 4.12. The van der Waals surface area contributed by atoms with E-state index in [1.54, 1.807) is 6.92 Å². The maximum atomic E-state index is 11.2. The average Bonchev–Trinajstić information content (AvgIpc) is 2.10. The molecular weight excluding hydrogens is 198 g/mol. The average molecular weight is 215 g/mol. The quantitative estimate of drug-likeness (QED) is 0.486. The fourth-order valence-corrected chi connectivity index (χ4v) is 1.43. The van der Waals surface area contributed by atoms with Crippen LogP contribution in [0.3, 0.4) is 0 Å². The smallest absolute Gasteiger partial charge is 0.318 e. The molecule has 1 unspecified atom stereocenters. The summed E-state index contributed by atoms with van der Waals surface area (Å²) in [5, 5.41) is 14.6. The molecule has 0 aromatic carbocycles. The van der Waals surface area contributed by atoms with Gasteiger partial charge in [0, 0.05) is 6.54 Å². The van der Waals surface area contributed by atoms with E-state index in [-0.39, 0.29) is 0 Å². The summed E-state index contributed by atoms with van der Waals surface area (Å²) in [4.78, 5) is 21.6. The second kappa shape index (κ2) is 4.59. The topological polar surface area (TPSA) is 104 Å². The van der Waals surface area contributed by atoms with E-state index >= 15 is 0 Å². The number of carbonyl (C=O) groups excluding carboxylic acids is 2. The van der Waals surface area contributed by atoms with Crippen molar-refractivity contribution < 1.29 is 14.7 Å². The predicted octanol–water partition coefficient (Wildman–Crippen LogP) is -0.926. The highest BCUT2D eigenvalue weighted by atomic mass is 16.3. The third-order valence-corrected chi connectivity index (χ3v) is 2.66. The van der Waals surface area contributed by atoms with Gasteiger partial charge < -0.3 is 16.2 Å². The highest BCUT2D eigenvalue weighted by Crippen LogP contribution is 2.30. The first kappa shape index (κ1) is 11.9. The van der Waals surface area contributed by atoms with Crippen molar-refractivity contribution in [2.75, 3.05) is 6.54 Å². The molecule has 15 heavy (non-hydrogen) atoms. The van der Waals surface area contributed by atoms with Crippen molar-refractivity contribution in [2.24, 2.45) is 5.73 Å². The van der Waals surface area contributed by atoms with E-state index in [1.807, 2.05) is 5.32 Å². The van der Waals surface area contributed by atoms with Crippen molar-refractivity contribution in [3.8, 4) is 0 Å². The molecule has 3 amide bonds. The van der Waals surface area contributed by atoms with Gasteiger partial charge in [-0.15, -0.1) is 0 Å². The van der Waals surface area contributed by atoms with Crippen LogP contribution in [0.25, 0.3) is 0 Å². The van der Waals surface area contributed by atoms with Crippen LogP contribution in [-0.2, 0) is 4.79 Å². The molecule has 1 aliphatic carbocycles. The van der Waals surface area contributed by atoms with Crippen molar-refractivity contribution in [3.63, 3.8) is 0 Å². The maximum absolute atomic E-state index is 11.2. The van der Waals surface area contributed by atoms with Gasteiger partial charge in [-0.2, -0.15) is 0 Å². The molecule has 0 bridgehead atoms. The van der Waals surface area contributed by atoms with Crippen LogP contribution in [0.1, 0.15) is 26.2 Å². The Morgan fingerprint density at radius 1 is 1.53 bits per heavy atom. The van der Waals surface area contributed by atoms with Gasteiger partial charge in [0.25, 0.3) is 0 Å². The first-order valence-corrected chi connectivity index (χ1v) is 4.99. The Labute approximate surface area is 88.2 Å². The molecule has 86 valence electrons. The van der Waals surface area contributed by atoms with Gasteiger partial charge in [0.05, 0.1) is 11.6 Å². The fraction of sp³-hybridized carbons (Fsp3) is 0.778. The highest BCUT2D eigenvalue weighted by Gasteiger charge is 2.34. The van der Waals surface area contributed by atoms with Crippen molar-refractivity contribution in [1.82, 2.24) is 10.6 Å². The van der Waals surface area contributed by atoms with Gasteiger partial charge in [0.1, 0.15) is 0 Å². The summed E-state index contributed by atoms with van der Waals surface area (Å²) in [6.07, 6.45) is 2.52. The Balaban J connectivity index is 2.25. The second-order valence-electron chi connectivity index (χ2n) is 4.03. The largest absolute Gasteiger partial charge is 0.389 e. The number of nitrogens with one attached hydrogen (secondary N) is 2. The Kier molecular flexibility index (Phi) is 3.65. The molecule has 0 aromatic heterocycles. The summed E-state index contributed by atoms with van der Waals surface area (Å²) in [7, 11) is 0. The van der Waals surface area contributed by atoms with Gasteiger partial charge in [0.2, 0.25) is 5.91 Å². The Hall–Kier alpha value is -1.14. The lowest BCUT2D eigenvalue weighted by Gasteiger charge is -2.37. The molecule has 0 saturated heterocycles. The number of aliphatic hydroxyl groups is 1. The van der Waals surface area contributed by atoms with Gasteiger partial charge in [-0.25, -0.2) is 4.79 Å². The number of rotatable bonds is 4. The van der Waals surface area contributed by atoms with Gasteiger partial charge in [-0.1, -0.05) is 0 Å². The van der Waals surface area contributed by atoms with Gasteiger partial charge in [0.15, 0.2) is 0 Å². The van der Waals surface area contributed by atoms with Crippen molar-refractivity contribution in [3.05, 3.63) is 0 Å². The molecule has 1 atom stereocenters. The summed E-state index contributed by atoms with van der Waals surface area (Å²) in [6, 6.07) is -1.40. The summed E-state index contributed by atoms with van der Waals surface area (Å²) < 4.78 is 0. The Bertz CT molecular complexity index is 263. The minimum atomic E-state index is -0.865. The number of hydrogen-bond acceptors (Lipinski definition) is 4. The van der Waals surface area contributed by atoms with Crippen LogP contribution in [0.4, 0.5) is 4.79 Å². The lowest BCUT2D eigenvalue weighted by molar-refractivity contribution is -0.122. The SMILES string of the molecule is CC(NCC1(O)CCC1)C(=O)NC(N)=O. The number of amides is 3. The van der Waals surface area contributed by atoms with E-state index < -0.39 is 23.6 Å². The minimum absolute atomic E-state index is 0.361. The predicted molar refractivity (Wildman–Crippen MR) is 54.0 cm³/mol. The summed E-state index contributed by atoms with van der Waals surface area (Å²) >= 11 is 0. The van der Waals surface area contributed by atoms with Crippen molar-refractivity contribution >= 4 is 11.9 Å². The monoisotopic (exact) mass is 215 g/mol. The molecule has 1 fully saturated rings. The third-order valence-electron chi connectivity index (χ3n) is 2.66. The molecule has 0 aliphatic heterocycles. The minimum Gasteiger partial charge on any atom is -0.389 e. The van der Waals surface area contributed by atoms with Crippen LogP contribution in [0, 0.1) is 0 Å². The first-order valence-electron chi connectivity index (χ1n) is 4.99. The zero-order valence-corrected chi connectivity index (χ0v) is 8.75. The lowest BCUT2D eigenvalue weighted by atomic mass is 9.80. The zero-order valence-electron chi connectivity index (χ0n) is 8.75. The van der Waals surface area contributed by atoms with Crippen LogP contribution >= 0.6 is 0 Å². The molecule has 0 radical (unpaired) electrons. The summed E-state index contributed by atoms with van der Waals surface area (Å²) in [6.45, 7) is 1.97. The lowest BCUT2D eigenvalue weighted by Crippen LogP contribution is -2.53. The number of urea groups is 1. The Morgan fingerprint density at radius 3 is 2.53 bits per heavy atom. The van der Waals surface area contributed by atoms with Crippen LogP contribution in [0.2, 0.25) is 0 Å². The Morgan fingerprint density at radius 2 is 2.13 bits per heavy atom. The van der Waals surface area contributed by atoms with Gasteiger partial charge >= 0.3 is 6.03 Å². The van der Waals surface area contributed by atoms with E-state index in [4.69, 9.17) is 5.73 Å². The molecule has 0 heterocycles. The second-order valence-corrected chi connectivity index (χ2v) is 4.03. The van der Waals surface area contributed by atoms with Crippen LogP contribution < -0.4 is 16.4 Å². The number of nitrogens with two attached hydrogens (primary N) is 1.